The number of carbonyl (C=O) groups is 2. The van der Waals surface area contributed by atoms with E-state index in [9.17, 15) is 9.59 Å². The van der Waals surface area contributed by atoms with Crippen LogP contribution < -0.4 is 5.32 Å². The van der Waals surface area contributed by atoms with Crippen LogP contribution in [0, 0.1) is 5.92 Å². The molecule has 1 N–H and O–H groups in total. The van der Waals surface area contributed by atoms with Gasteiger partial charge in [0.05, 0.1) is 6.04 Å². The maximum absolute atomic E-state index is 12.1. The van der Waals surface area contributed by atoms with Crippen LogP contribution in [0.2, 0.25) is 0 Å². The molecule has 0 saturated heterocycles. The summed E-state index contributed by atoms with van der Waals surface area (Å²) < 4.78 is 5.47. The van der Waals surface area contributed by atoms with E-state index >= 15 is 0 Å². The number of hydrogen-bond acceptors (Lipinski definition) is 3. The van der Waals surface area contributed by atoms with Crippen LogP contribution in [0.1, 0.15) is 36.3 Å². The molecular formula is C21H21NO3. The molecule has 2 aromatic carbocycles. The molecule has 0 aliphatic heterocycles. The van der Waals surface area contributed by atoms with E-state index in [2.05, 4.69) is 29.6 Å². The zero-order valence-electron chi connectivity index (χ0n) is 14.0. The third kappa shape index (κ3) is 3.29. The van der Waals surface area contributed by atoms with Crippen LogP contribution in [0.3, 0.4) is 0 Å². The molecule has 1 atom stereocenters. The Morgan fingerprint density at radius 1 is 1.08 bits per heavy atom. The highest BCUT2D eigenvalue weighted by atomic mass is 16.5. The van der Waals surface area contributed by atoms with E-state index in [1.54, 1.807) is 0 Å². The van der Waals surface area contributed by atoms with Gasteiger partial charge >= 0.3 is 6.09 Å². The first-order valence-corrected chi connectivity index (χ1v) is 8.83. The van der Waals surface area contributed by atoms with Crippen molar-refractivity contribution in [2.24, 2.45) is 5.92 Å². The molecule has 0 radical (unpaired) electrons. The van der Waals surface area contributed by atoms with E-state index in [4.69, 9.17) is 4.74 Å². The summed E-state index contributed by atoms with van der Waals surface area (Å²) in [5.74, 6) is 0.611. The summed E-state index contributed by atoms with van der Waals surface area (Å²) in [6, 6.07) is 16.0. The normalized spacial score (nSPS) is 16.6. The highest BCUT2D eigenvalue weighted by molar-refractivity contribution is 5.79. The molecule has 4 rings (SSSR count). The molecule has 4 nitrogen and oxygen atoms in total. The number of rotatable bonds is 6. The third-order valence-electron chi connectivity index (χ3n) is 5.10. The van der Waals surface area contributed by atoms with Gasteiger partial charge in [-0.3, -0.25) is 0 Å². The van der Waals surface area contributed by atoms with Gasteiger partial charge in [-0.15, -0.1) is 0 Å². The lowest BCUT2D eigenvalue weighted by Crippen LogP contribution is -2.37. The first-order valence-electron chi connectivity index (χ1n) is 8.83. The van der Waals surface area contributed by atoms with E-state index in [1.165, 1.54) is 22.3 Å². The van der Waals surface area contributed by atoms with Gasteiger partial charge in [0.15, 0.2) is 0 Å². The van der Waals surface area contributed by atoms with Gasteiger partial charge in [0.2, 0.25) is 0 Å². The minimum atomic E-state index is -0.514. The number of aldehydes is 1. The van der Waals surface area contributed by atoms with Gasteiger partial charge < -0.3 is 14.8 Å². The van der Waals surface area contributed by atoms with Gasteiger partial charge in [0.1, 0.15) is 12.9 Å². The fourth-order valence-corrected chi connectivity index (χ4v) is 3.65. The highest BCUT2D eigenvalue weighted by Gasteiger charge is 2.30. The Bertz CT molecular complexity index is 752. The summed E-state index contributed by atoms with van der Waals surface area (Å²) in [7, 11) is 0. The molecule has 0 spiro atoms. The van der Waals surface area contributed by atoms with Gasteiger partial charge in [-0.2, -0.15) is 0 Å². The van der Waals surface area contributed by atoms with E-state index in [-0.39, 0.29) is 12.5 Å². The summed E-state index contributed by atoms with van der Waals surface area (Å²) in [6.45, 7) is 0.273. The van der Waals surface area contributed by atoms with Gasteiger partial charge in [-0.1, -0.05) is 61.4 Å². The monoisotopic (exact) mass is 335 g/mol. The van der Waals surface area contributed by atoms with Crippen molar-refractivity contribution in [3.63, 3.8) is 0 Å². The molecule has 1 saturated carbocycles. The average Bonchev–Trinajstić information content (AvgIpc) is 3.40. The van der Waals surface area contributed by atoms with Crippen LogP contribution in [0.15, 0.2) is 48.5 Å². The fourth-order valence-electron chi connectivity index (χ4n) is 3.65. The first kappa shape index (κ1) is 15.9. The largest absolute Gasteiger partial charge is 0.449 e. The Hall–Kier alpha value is -2.62. The molecule has 2 aliphatic carbocycles. The van der Waals surface area contributed by atoms with Crippen molar-refractivity contribution >= 4 is 12.4 Å². The Kier molecular flexibility index (Phi) is 4.26. The van der Waals surface area contributed by atoms with Crippen molar-refractivity contribution in [1.82, 2.24) is 5.32 Å². The molecule has 0 bridgehead atoms. The molecule has 25 heavy (non-hydrogen) atoms. The van der Waals surface area contributed by atoms with Crippen LogP contribution in [0.5, 0.6) is 0 Å². The van der Waals surface area contributed by atoms with E-state index in [0.717, 1.165) is 19.1 Å². The first-order chi connectivity index (χ1) is 12.3. The number of hydrogen-bond donors (Lipinski definition) is 1. The maximum Gasteiger partial charge on any atom is 0.407 e. The molecule has 128 valence electrons. The van der Waals surface area contributed by atoms with Crippen molar-refractivity contribution in [1.29, 1.82) is 0 Å². The van der Waals surface area contributed by atoms with E-state index in [1.807, 2.05) is 24.3 Å². The minimum absolute atomic E-state index is 0.0382. The molecule has 1 fully saturated rings. The smallest absolute Gasteiger partial charge is 0.407 e. The number of carbonyl (C=O) groups excluding carboxylic acids is 2. The van der Waals surface area contributed by atoms with Crippen molar-refractivity contribution in [2.45, 2.75) is 31.2 Å². The zero-order valence-corrected chi connectivity index (χ0v) is 14.0. The molecule has 0 heterocycles. The van der Waals surface area contributed by atoms with Gasteiger partial charge in [0, 0.05) is 5.92 Å². The van der Waals surface area contributed by atoms with E-state index in [0.29, 0.717) is 12.3 Å². The zero-order chi connectivity index (χ0) is 17.2. The predicted molar refractivity (Wildman–Crippen MR) is 95.4 cm³/mol. The lowest BCUT2D eigenvalue weighted by molar-refractivity contribution is -0.109. The number of ether oxygens (including phenoxy) is 1. The standard InChI is InChI=1S/C21H21NO3/c23-12-15(11-14-9-10-14)22-21(24)25-13-20-18-7-3-1-5-16(18)17-6-2-4-8-19(17)20/h1-8,12,14-15,20H,9-11,13H2,(H,22,24)/t15-/m0/s1. The lowest BCUT2D eigenvalue weighted by Gasteiger charge is -2.16. The minimum Gasteiger partial charge on any atom is -0.449 e. The highest BCUT2D eigenvalue weighted by Crippen LogP contribution is 2.44. The van der Waals surface area contributed by atoms with Crippen molar-refractivity contribution < 1.29 is 14.3 Å². The Morgan fingerprint density at radius 3 is 2.24 bits per heavy atom. The van der Waals surface area contributed by atoms with Crippen molar-refractivity contribution in [3.05, 3.63) is 59.7 Å². The number of amides is 1. The van der Waals surface area contributed by atoms with Gasteiger partial charge in [-0.05, 0) is 34.6 Å². The summed E-state index contributed by atoms with van der Waals surface area (Å²) in [5, 5.41) is 2.68. The quantitative estimate of drug-likeness (QED) is 0.815. The third-order valence-corrected chi connectivity index (χ3v) is 5.10. The second-order valence-corrected chi connectivity index (χ2v) is 6.89. The lowest BCUT2D eigenvalue weighted by atomic mass is 9.98. The van der Waals surface area contributed by atoms with Crippen LogP contribution in [-0.2, 0) is 9.53 Å². The Morgan fingerprint density at radius 2 is 1.68 bits per heavy atom. The molecule has 2 aromatic rings. The van der Waals surface area contributed by atoms with Gasteiger partial charge in [-0.25, -0.2) is 4.79 Å². The SMILES string of the molecule is O=C[C@H](CC1CC1)NC(=O)OCC1c2ccccc2-c2ccccc21. The summed E-state index contributed by atoms with van der Waals surface area (Å²) in [4.78, 5) is 23.2. The van der Waals surface area contributed by atoms with Crippen molar-refractivity contribution in [3.8, 4) is 11.1 Å². The van der Waals surface area contributed by atoms with Crippen LogP contribution in [-0.4, -0.2) is 25.0 Å². The summed E-state index contributed by atoms with van der Waals surface area (Å²) in [5.41, 5.74) is 4.76. The molecule has 2 aliphatic rings. The van der Waals surface area contributed by atoms with Gasteiger partial charge in [0.25, 0.3) is 0 Å². The molecule has 0 aromatic heterocycles. The molecule has 1 amide bonds. The number of benzene rings is 2. The summed E-state index contributed by atoms with van der Waals surface area (Å²) in [6.07, 6.45) is 3.31. The number of alkyl carbamates (subject to hydrolysis) is 1. The van der Waals surface area contributed by atoms with E-state index < -0.39 is 12.1 Å². The number of nitrogens with one attached hydrogen (secondary N) is 1. The summed E-state index contributed by atoms with van der Waals surface area (Å²) >= 11 is 0. The topological polar surface area (TPSA) is 55.4 Å². The second kappa shape index (κ2) is 6.71. The molecular weight excluding hydrogens is 314 g/mol. The fraction of sp³-hybridized carbons (Fsp3) is 0.333. The van der Waals surface area contributed by atoms with Crippen LogP contribution in [0.25, 0.3) is 11.1 Å². The number of fused-ring (bicyclic) bond motifs is 3. The van der Waals surface area contributed by atoms with Crippen LogP contribution >= 0.6 is 0 Å². The van der Waals surface area contributed by atoms with Crippen LogP contribution in [0.4, 0.5) is 4.79 Å². The Labute approximate surface area is 147 Å². The van der Waals surface area contributed by atoms with Crippen molar-refractivity contribution in [2.75, 3.05) is 6.61 Å². The predicted octanol–water partition coefficient (Wildman–Crippen LogP) is 3.89. The maximum atomic E-state index is 12.1. The average molecular weight is 335 g/mol. The second-order valence-electron chi connectivity index (χ2n) is 6.89. The molecule has 0 unspecified atom stereocenters. The molecule has 4 heteroatoms. The Balaban J connectivity index is 1.44.